The SMILES string of the molecule is C=CCN(C(=O)c1cc(SC)ccc1[N+](=O)[O-])c1ccccc1. The van der Waals surface area contributed by atoms with Crippen molar-refractivity contribution < 1.29 is 9.72 Å². The number of rotatable bonds is 6. The Morgan fingerprint density at radius 2 is 2.00 bits per heavy atom. The summed E-state index contributed by atoms with van der Waals surface area (Å²) in [5, 5.41) is 11.3. The van der Waals surface area contributed by atoms with Crippen LogP contribution < -0.4 is 4.90 Å². The van der Waals surface area contributed by atoms with Crippen LogP contribution in [0.4, 0.5) is 11.4 Å². The maximum atomic E-state index is 12.9. The number of anilines is 1. The zero-order valence-electron chi connectivity index (χ0n) is 12.6. The maximum absolute atomic E-state index is 12.9. The van der Waals surface area contributed by atoms with Crippen molar-refractivity contribution in [2.75, 3.05) is 17.7 Å². The Labute approximate surface area is 138 Å². The molecule has 0 heterocycles. The van der Waals surface area contributed by atoms with Crippen molar-refractivity contribution in [1.29, 1.82) is 0 Å². The van der Waals surface area contributed by atoms with E-state index in [9.17, 15) is 14.9 Å². The third-order valence-electron chi connectivity index (χ3n) is 3.26. The van der Waals surface area contributed by atoms with Crippen LogP contribution >= 0.6 is 11.8 Å². The van der Waals surface area contributed by atoms with Gasteiger partial charge in [-0.3, -0.25) is 14.9 Å². The van der Waals surface area contributed by atoms with E-state index >= 15 is 0 Å². The molecule has 2 rings (SSSR count). The number of thioether (sulfide) groups is 1. The molecule has 5 nitrogen and oxygen atoms in total. The minimum Gasteiger partial charge on any atom is -0.304 e. The highest BCUT2D eigenvalue weighted by Crippen LogP contribution is 2.27. The number of nitro groups is 1. The Kier molecular flexibility index (Phi) is 5.54. The normalized spacial score (nSPS) is 10.1. The fraction of sp³-hybridized carbons (Fsp3) is 0.118. The van der Waals surface area contributed by atoms with Crippen LogP contribution in [0.3, 0.4) is 0 Å². The zero-order valence-corrected chi connectivity index (χ0v) is 13.5. The standard InChI is InChI=1S/C17H16N2O3S/c1-3-11-18(13-7-5-4-6-8-13)17(20)15-12-14(23-2)9-10-16(15)19(21)22/h3-10,12H,1,11H2,2H3. The van der Waals surface area contributed by atoms with Crippen molar-refractivity contribution in [1.82, 2.24) is 0 Å². The molecule has 0 saturated carbocycles. The zero-order chi connectivity index (χ0) is 16.8. The van der Waals surface area contributed by atoms with Crippen molar-refractivity contribution in [3.05, 3.63) is 76.9 Å². The smallest absolute Gasteiger partial charge is 0.282 e. The fourth-order valence-electron chi connectivity index (χ4n) is 2.16. The second kappa shape index (κ2) is 7.60. The van der Waals surface area contributed by atoms with Crippen LogP contribution in [-0.4, -0.2) is 23.6 Å². The molecule has 0 aliphatic rings. The van der Waals surface area contributed by atoms with Crippen LogP contribution in [0.5, 0.6) is 0 Å². The van der Waals surface area contributed by atoms with Crippen LogP contribution in [0.1, 0.15) is 10.4 Å². The minimum atomic E-state index is -0.533. The number of carbonyl (C=O) groups is 1. The van der Waals surface area contributed by atoms with E-state index < -0.39 is 10.8 Å². The lowest BCUT2D eigenvalue weighted by atomic mass is 10.1. The maximum Gasteiger partial charge on any atom is 0.282 e. The summed E-state index contributed by atoms with van der Waals surface area (Å²) in [5.41, 5.74) is 0.548. The second-order valence-electron chi connectivity index (χ2n) is 4.68. The summed E-state index contributed by atoms with van der Waals surface area (Å²) in [4.78, 5) is 25.9. The van der Waals surface area contributed by atoms with Crippen LogP contribution in [-0.2, 0) is 0 Å². The van der Waals surface area contributed by atoms with E-state index in [2.05, 4.69) is 6.58 Å². The highest BCUT2D eigenvalue weighted by Gasteiger charge is 2.25. The highest BCUT2D eigenvalue weighted by molar-refractivity contribution is 7.98. The van der Waals surface area contributed by atoms with Gasteiger partial charge in [-0.25, -0.2) is 0 Å². The van der Waals surface area contributed by atoms with Gasteiger partial charge in [0.1, 0.15) is 5.56 Å². The minimum absolute atomic E-state index is 0.0764. The van der Waals surface area contributed by atoms with E-state index in [0.29, 0.717) is 5.69 Å². The number of carbonyl (C=O) groups excluding carboxylic acids is 1. The number of nitrogens with zero attached hydrogens (tertiary/aromatic N) is 2. The lowest BCUT2D eigenvalue weighted by molar-refractivity contribution is -0.385. The molecular formula is C17H16N2O3S. The van der Waals surface area contributed by atoms with Crippen LogP contribution in [0, 0.1) is 10.1 Å². The van der Waals surface area contributed by atoms with Gasteiger partial charge in [0.2, 0.25) is 0 Å². The highest BCUT2D eigenvalue weighted by atomic mass is 32.2. The third kappa shape index (κ3) is 3.78. The molecule has 0 aliphatic carbocycles. The summed E-state index contributed by atoms with van der Waals surface area (Å²) >= 11 is 1.43. The first kappa shape index (κ1) is 16.8. The first-order chi connectivity index (χ1) is 11.1. The molecule has 2 aromatic carbocycles. The van der Waals surface area contributed by atoms with Gasteiger partial charge in [0.25, 0.3) is 11.6 Å². The van der Waals surface area contributed by atoms with Gasteiger partial charge in [0.05, 0.1) is 4.92 Å². The fourth-order valence-corrected chi connectivity index (χ4v) is 2.60. The van der Waals surface area contributed by atoms with Gasteiger partial charge in [-0.05, 0) is 30.5 Å². The van der Waals surface area contributed by atoms with Crippen molar-refractivity contribution in [3.63, 3.8) is 0 Å². The molecule has 6 heteroatoms. The number of hydrogen-bond donors (Lipinski definition) is 0. The molecule has 0 spiro atoms. The van der Waals surface area contributed by atoms with Gasteiger partial charge < -0.3 is 4.90 Å². The average Bonchev–Trinajstić information content (AvgIpc) is 2.59. The molecule has 23 heavy (non-hydrogen) atoms. The Balaban J connectivity index is 2.51. The molecule has 0 saturated heterocycles. The molecule has 0 fully saturated rings. The Bertz CT molecular complexity index is 732. The van der Waals surface area contributed by atoms with E-state index in [-0.39, 0.29) is 17.8 Å². The monoisotopic (exact) mass is 328 g/mol. The summed E-state index contributed by atoms with van der Waals surface area (Å²) in [6.07, 6.45) is 3.45. The Morgan fingerprint density at radius 1 is 1.30 bits per heavy atom. The number of benzene rings is 2. The predicted molar refractivity (Wildman–Crippen MR) is 93.2 cm³/mol. The largest absolute Gasteiger partial charge is 0.304 e. The van der Waals surface area contributed by atoms with Gasteiger partial charge in [0, 0.05) is 23.2 Å². The van der Waals surface area contributed by atoms with Crippen LogP contribution in [0.2, 0.25) is 0 Å². The van der Waals surface area contributed by atoms with E-state index in [1.807, 2.05) is 24.5 Å². The first-order valence-electron chi connectivity index (χ1n) is 6.88. The first-order valence-corrected chi connectivity index (χ1v) is 8.11. The van der Waals surface area contributed by atoms with Crippen molar-refractivity contribution in [2.24, 2.45) is 0 Å². The molecular weight excluding hydrogens is 312 g/mol. The molecule has 0 atom stereocenters. The lowest BCUT2D eigenvalue weighted by Crippen LogP contribution is -2.31. The molecule has 0 N–H and O–H groups in total. The van der Waals surface area contributed by atoms with E-state index in [1.165, 1.54) is 22.7 Å². The molecule has 0 radical (unpaired) electrons. The predicted octanol–water partition coefficient (Wildman–Crippen LogP) is 4.15. The topological polar surface area (TPSA) is 63.5 Å². The number of amides is 1. The molecule has 0 bridgehead atoms. The van der Waals surface area contributed by atoms with Gasteiger partial charge in [-0.2, -0.15) is 0 Å². The summed E-state index contributed by atoms with van der Waals surface area (Å²) < 4.78 is 0. The molecule has 0 aliphatic heterocycles. The summed E-state index contributed by atoms with van der Waals surface area (Å²) in [5.74, 6) is -0.418. The van der Waals surface area contributed by atoms with Gasteiger partial charge in [-0.1, -0.05) is 24.3 Å². The molecule has 2 aromatic rings. The summed E-state index contributed by atoms with van der Waals surface area (Å²) in [6, 6.07) is 13.6. The van der Waals surface area contributed by atoms with Crippen molar-refractivity contribution in [3.8, 4) is 0 Å². The Hall–Kier alpha value is -2.60. The second-order valence-corrected chi connectivity index (χ2v) is 5.56. The molecule has 118 valence electrons. The van der Waals surface area contributed by atoms with E-state index in [0.717, 1.165) is 4.90 Å². The molecule has 0 aromatic heterocycles. The number of para-hydroxylation sites is 1. The van der Waals surface area contributed by atoms with Crippen molar-refractivity contribution >= 4 is 29.0 Å². The van der Waals surface area contributed by atoms with E-state index in [1.54, 1.807) is 30.3 Å². The van der Waals surface area contributed by atoms with Crippen LogP contribution in [0.15, 0.2) is 66.1 Å². The Morgan fingerprint density at radius 3 is 2.57 bits per heavy atom. The summed E-state index contributed by atoms with van der Waals surface area (Å²) in [7, 11) is 0. The van der Waals surface area contributed by atoms with E-state index in [4.69, 9.17) is 0 Å². The van der Waals surface area contributed by atoms with Crippen molar-refractivity contribution in [2.45, 2.75) is 4.90 Å². The molecule has 0 unspecified atom stereocenters. The number of nitro benzene ring substituents is 1. The quantitative estimate of drug-likeness (QED) is 0.346. The summed E-state index contributed by atoms with van der Waals surface area (Å²) in [6.45, 7) is 3.93. The average molecular weight is 328 g/mol. The molecule has 1 amide bonds. The third-order valence-corrected chi connectivity index (χ3v) is 3.98. The number of hydrogen-bond acceptors (Lipinski definition) is 4. The van der Waals surface area contributed by atoms with Gasteiger partial charge in [-0.15, -0.1) is 18.3 Å². The lowest BCUT2D eigenvalue weighted by Gasteiger charge is -2.21. The van der Waals surface area contributed by atoms with Gasteiger partial charge in [0.15, 0.2) is 0 Å². The van der Waals surface area contributed by atoms with Crippen LogP contribution in [0.25, 0.3) is 0 Å². The van der Waals surface area contributed by atoms with Gasteiger partial charge >= 0.3 is 0 Å².